The fourth-order valence-electron chi connectivity index (χ4n) is 2.62. The second kappa shape index (κ2) is 6.88. The van der Waals surface area contributed by atoms with E-state index in [0.717, 1.165) is 0 Å². The van der Waals surface area contributed by atoms with Crippen LogP contribution in [0.25, 0.3) is 10.9 Å². The average molecular weight is 340 g/mol. The van der Waals surface area contributed by atoms with Gasteiger partial charge in [-0.1, -0.05) is 37.2 Å². The molecule has 0 aliphatic carbocycles. The lowest BCUT2D eigenvalue weighted by molar-refractivity contribution is 0.0934. The number of pyridine rings is 1. The first-order chi connectivity index (χ1) is 11.9. The van der Waals surface area contributed by atoms with Gasteiger partial charge < -0.3 is 14.8 Å². The van der Waals surface area contributed by atoms with E-state index in [1.165, 1.54) is 6.07 Å². The van der Waals surface area contributed by atoms with E-state index in [1.807, 2.05) is 6.07 Å². The van der Waals surface area contributed by atoms with Crippen LogP contribution >= 0.6 is 0 Å². The van der Waals surface area contributed by atoms with Crippen molar-refractivity contribution >= 4 is 16.8 Å². The summed E-state index contributed by atoms with van der Waals surface area (Å²) in [6.07, 6.45) is 0.711. The van der Waals surface area contributed by atoms with Crippen LogP contribution in [-0.4, -0.2) is 21.0 Å². The number of para-hydroxylation sites is 1. The lowest BCUT2D eigenvalue weighted by Gasteiger charge is -2.11. The molecule has 7 nitrogen and oxygen atoms in total. The first kappa shape index (κ1) is 16.9. The molecular weight excluding hydrogens is 320 g/mol. The van der Waals surface area contributed by atoms with Gasteiger partial charge in [-0.2, -0.15) is 4.98 Å². The molecule has 3 rings (SSSR count). The number of hydrogen-bond donors (Lipinski definition) is 2. The number of benzene rings is 1. The number of carbonyl (C=O) groups is 1. The molecule has 1 atom stereocenters. The topological polar surface area (TPSA) is 101 Å². The van der Waals surface area contributed by atoms with Crippen LogP contribution in [-0.2, 0) is 6.42 Å². The van der Waals surface area contributed by atoms with Crippen LogP contribution in [0.2, 0.25) is 0 Å². The van der Waals surface area contributed by atoms with Gasteiger partial charge in [0.2, 0.25) is 11.4 Å². The smallest absolute Gasteiger partial charge is 0.252 e. The predicted molar refractivity (Wildman–Crippen MR) is 93.3 cm³/mol. The van der Waals surface area contributed by atoms with Crippen molar-refractivity contribution < 1.29 is 9.32 Å². The number of amides is 1. The Morgan fingerprint density at radius 3 is 2.80 bits per heavy atom. The summed E-state index contributed by atoms with van der Waals surface area (Å²) in [5.74, 6) is 1.02. The second-order valence-electron chi connectivity index (χ2n) is 6.43. The molecule has 3 aromatic rings. The Balaban J connectivity index is 1.82. The summed E-state index contributed by atoms with van der Waals surface area (Å²) in [6, 6.07) is 8.00. The molecule has 0 radical (unpaired) electrons. The van der Waals surface area contributed by atoms with Gasteiger partial charge in [0.25, 0.3) is 5.91 Å². The number of aromatic amines is 1. The minimum Gasteiger partial charge on any atom is -0.340 e. The summed E-state index contributed by atoms with van der Waals surface area (Å²) >= 11 is 0. The summed E-state index contributed by atoms with van der Waals surface area (Å²) < 4.78 is 5.23. The van der Waals surface area contributed by atoms with Gasteiger partial charge in [0.1, 0.15) is 6.04 Å². The Hall–Kier alpha value is -2.96. The van der Waals surface area contributed by atoms with Crippen molar-refractivity contribution in [1.82, 2.24) is 20.4 Å². The summed E-state index contributed by atoms with van der Waals surface area (Å²) in [6.45, 7) is 5.90. The third-order valence-corrected chi connectivity index (χ3v) is 3.79. The van der Waals surface area contributed by atoms with Crippen molar-refractivity contribution in [3.8, 4) is 0 Å². The van der Waals surface area contributed by atoms with E-state index >= 15 is 0 Å². The van der Waals surface area contributed by atoms with Crippen molar-refractivity contribution in [3.63, 3.8) is 0 Å². The fourth-order valence-corrected chi connectivity index (χ4v) is 2.62. The third-order valence-electron chi connectivity index (χ3n) is 3.79. The van der Waals surface area contributed by atoms with Crippen LogP contribution in [0.5, 0.6) is 0 Å². The van der Waals surface area contributed by atoms with Crippen LogP contribution in [0.1, 0.15) is 48.9 Å². The van der Waals surface area contributed by atoms with Gasteiger partial charge in [-0.25, -0.2) is 0 Å². The number of aromatic nitrogens is 3. The van der Waals surface area contributed by atoms with Gasteiger partial charge in [0.05, 0.1) is 5.56 Å². The Labute approximate surface area is 144 Å². The highest BCUT2D eigenvalue weighted by molar-refractivity contribution is 6.06. The van der Waals surface area contributed by atoms with Crippen LogP contribution in [0, 0.1) is 5.92 Å². The minimum atomic E-state index is -0.459. The van der Waals surface area contributed by atoms with Gasteiger partial charge >= 0.3 is 0 Å². The van der Waals surface area contributed by atoms with E-state index in [2.05, 4.69) is 34.3 Å². The number of nitrogens with zero attached hydrogens (tertiary/aromatic N) is 2. The SMILES string of the molecule is CC(C)Cc1noc([C@@H](C)NC(=O)c2cc(=O)[nH]c3ccccc23)n1. The molecule has 130 valence electrons. The molecule has 0 bridgehead atoms. The maximum absolute atomic E-state index is 12.6. The van der Waals surface area contributed by atoms with Crippen LogP contribution in [0.4, 0.5) is 0 Å². The zero-order chi connectivity index (χ0) is 18.0. The molecule has 1 amide bonds. The summed E-state index contributed by atoms with van der Waals surface area (Å²) in [5, 5.41) is 7.42. The third kappa shape index (κ3) is 3.76. The first-order valence-electron chi connectivity index (χ1n) is 8.19. The average Bonchev–Trinajstić information content (AvgIpc) is 3.01. The van der Waals surface area contributed by atoms with Gasteiger partial charge in [-0.15, -0.1) is 0 Å². The number of H-pyrrole nitrogens is 1. The molecule has 0 fully saturated rings. The maximum Gasteiger partial charge on any atom is 0.252 e. The first-order valence-corrected chi connectivity index (χ1v) is 8.19. The van der Waals surface area contributed by atoms with Crippen LogP contribution in [0.15, 0.2) is 39.6 Å². The van der Waals surface area contributed by atoms with Crippen molar-refractivity contribution in [1.29, 1.82) is 0 Å². The zero-order valence-corrected chi connectivity index (χ0v) is 14.4. The van der Waals surface area contributed by atoms with E-state index in [9.17, 15) is 9.59 Å². The molecule has 25 heavy (non-hydrogen) atoms. The molecule has 0 unspecified atom stereocenters. The summed E-state index contributed by atoms with van der Waals surface area (Å²) in [7, 11) is 0. The maximum atomic E-state index is 12.6. The molecular formula is C18H20N4O3. The summed E-state index contributed by atoms with van der Waals surface area (Å²) in [4.78, 5) is 31.5. The van der Waals surface area contributed by atoms with Crippen LogP contribution < -0.4 is 10.9 Å². The molecule has 0 saturated carbocycles. The molecule has 2 aromatic heterocycles. The predicted octanol–water partition coefficient (Wildman–Crippen LogP) is 2.60. The van der Waals surface area contributed by atoms with E-state index in [0.29, 0.717) is 40.5 Å². The molecule has 0 aliphatic rings. The Morgan fingerprint density at radius 2 is 2.04 bits per heavy atom. The van der Waals surface area contributed by atoms with E-state index in [4.69, 9.17) is 4.52 Å². The lowest BCUT2D eigenvalue weighted by Crippen LogP contribution is -2.28. The number of fused-ring (bicyclic) bond motifs is 1. The highest BCUT2D eigenvalue weighted by atomic mass is 16.5. The standard InChI is InChI=1S/C18H20N4O3/c1-10(2)8-15-21-18(25-22-15)11(3)19-17(24)13-9-16(23)20-14-7-5-4-6-12(13)14/h4-7,9-11H,8H2,1-3H3,(H,19,24)(H,20,23)/t11-/m1/s1. The van der Waals surface area contributed by atoms with E-state index in [-0.39, 0.29) is 11.5 Å². The lowest BCUT2D eigenvalue weighted by atomic mass is 10.1. The van der Waals surface area contributed by atoms with Crippen molar-refractivity contribution in [3.05, 3.63) is 58.0 Å². The van der Waals surface area contributed by atoms with Crippen molar-refractivity contribution in [2.24, 2.45) is 5.92 Å². The number of carbonyl (C=O) groups excluding carboxylic acids is 1. The normalized spacial score (nSPS) is 12.5. The largest absolute Gasteiger partial charge is 0.340 e. The number of hydrogen-bond acceptors (Lipinski definition) is 5. The monoisotopic (exact) mass is 340 g/mol. The molecule has 1 aromatic carbocycles. The summed E-state index contributed by atoms with van der Waals surface area (Å²) in [5.41, 5.74) is 0.603. The zero-order valence-electron chi connectivity index (χ0n) is 14.4. The van der Waals surface area contributed by atoms with Gasteiger partial charge in [-0.3, -0.25) is 9.59 Å². The molecule has 7 heteroatoms. The Bertz CT molecular complexity index is 958. The van der Waals surface area contributed by atoms with Crippen molar-refractivity contribution in [2.75, 3.05) is 0 Å². The van der Waals surface area contributed by atoms with Gasteiger partial charge in [-0.05, 0) is 18.9 Å². The Morgan fingerprint density at radius 1 is 1.28 bits per heavy atom. The molecule has 0 aliphatic heterocycles. The fraction of sp³-hybridized carbons (Fsp3) is 0.333. The minimum absolute atomic E-state index is 0.313. The molecule has 0 spiro atoms. The second-order valence-corrected chi connectivity index (χ2v) is 6.43. The van der Waals surface area contributed by atoms with Crippen LogP contribution in [0.3, 0.4) is 0 Å². The molecule has 0 saturated heterocycles. The van der Waals surface area contributed by atoms with E-state index < -0.39 is 6.04 Å². The van der Waals surface area contributed by atoms with Gasteiger partial charge in [0.15, 0.2) is 5.82 Å². The number of rotatable bonds is 5. The van der Waals surface area contributed by atoms with Crippen molar-refractivity contribution in [2.45, 2.75) is 33.2 Å². The Kier molecular flexibility index (Phi) is 4.65. The molecule has 2 N–H and O–H groups in total. The van der Waals surface area contributed by atoms with E-state index in [1.54, 1.807) is 25.1 Å². The van der Waals surface area contributed by atoms with Gasteiger partial charge in [0, 0.05) is 23.4 Å². The molecule has 2 heterocycles. The highest BCUT2D eigenvalue weighted by Gasteiger charge is 2.19. The quantitative estimate of drug-likeness (QED) is 0.743. The number of nitrogens with one attached hydrogen (secondary N) is 2. The highest BCUT2D eigenvalue weighted by Crippen LogP contribution is 2.17.